The molecule has 0 fully saturated rings. The van der Waals surface area contributed by atoms with Crippen LogP contribution in [0.3, 0.4) is 0 Å². The van der Waals surface area contributed by atoms with Crippen molar-refractivity contribution in [1.29, 1.82) is 0 Å². The molecule has 494 valence electrons. The van der Waals surface area contributed by atoms with Crippen molar-refractivity contribution in [2.75, 3.05) is 0 Å². The van der Waals surface area contributed by atoms with Crippen LogP contribution in [-0.2, 0) is 394 Å². The quantitative estimate of drug-likeness (QED) is 0.230. The van der Waals surface area contributed by atoms with Crippen LogP contribution in [0, 0.1) is 13.8 Å². The smallest absolute Gasteiger partial charge is 0.343 e. The van der Waals surface area contributed by atoms with Gasteiger partial charge in [0, 0.05) is 371 Å². The molecule has 0 bridgehead atoms. The van der Waals surface area contributed by atoms with Crippen molar-refractivity contribution in [1.82, 2.24) is 19.1 Å². The fourth-order valence-electron chi connectivity index (χ4n) is 8.54. The predicted molar refractivity (Wildman–Crippen MR) is 471 cm³/mol. The minimum atomic E-state index is -1.79. The maximum atomic E-state index is 13.1. The highest BCUT2D eigenvalue weighted by Gasteiger charge is 2.46. The number of fused-ring (bicyclic) bond motifs is 10. The van der Waals surface area contributed by atoms with Gasteiger partial charge in [-0.15, -0.1) is 0 Å². The zero-order valence-electron chi connectivity index (χ0n) is 45.3. The van der Waals surface area contributed by atoms with Gasteiger partial charge in [0.05, 0.1) is 58.0 Å². The van der Waals surface area contributed by atoms with Gasteiger partial charge in [-0.2, -0.15) is 0 Å². The number of rotatable bonds is 2. The average Bonchev–Trinajstić information content (AvgIpc) is 1.67. The van der Waals surface area contributed by atoms with Gasteiger partial charge in [0.2, 0.25) is 0 Å². The average molecular weight is 1910 g/mol. The SMILES string of the molecule is CC[C@@]1(O)C(=O)OCc2c1cc1n(c2=O)Cc2cc3cc(C)ccc3nc2-1.CC[C@@]1(O)C(=O)OCc2c1cc1n(c2=O)Cc2cc3cc(C)ccc3nc2-1.S=S=S=S=S=S=S=S=S=S=S=S=S=S=S=S=S=S.S=S=S=S=S=S=S=S=S=S=S=S=S=S=S=S=S=S=S. The second-order valence-corrected chi connectivity index (χ2v) is 75.2. The largest absolute Gasteiger partial charge is 0.458 e. The Kier molecular flexibility index (Phi) is 38.2. The lowest BCUT2D eigenvalue weighted by atomic mass is 9.86. The predicted octanol–water partition coefficient (Wildman–Crippen LogP) is 4.69. The number of aliphatic hydroxyl groups is 2. The third-order valence-corrected chi connectivity index (χ3v) is 81.1. The monoisotopic (exact) mass is 1910 g/mol. The summed E-state index contributed by atoms with van der Waals surface area (Å²) in [6, 6.07) is 19.7. The molecule has 2 aromatic carbocycles. The second-order valence-electron chi connectivity index (χ2n) is 16.8. The fraction of sp³-hybridized carbons (Fsp3) is 0.286. The molecule has 91 heavy (non-hydrogen) atoms. The summed E-state index contributed by atoms with van der Waals surface area (Å²) in [5, 5.41) is 23.8. The van der Waals surface area contributed by atoms with Gasteiger partial charge in [0.25, 0.3) is 11.1 Å². The van der Waals surface area contributed by atoms with Gasteiger partial charge >= 0.3 is 11.9 Å². The van der Waals surface area contributed by atoms with E-state index < -0.39 is 23.1 Å². The number of hydrogen-bond donors (Lipinski definition) is 2. The highest BCUT2D eigenvalue weighted by atomic mass is 33.5. The standard InChI is InChI=1S/2C21H18N2O4.S19.S18/c2*1-3-21(26)15-8-17-18-13(7-12-6-11(2)4-5-16(12)22-18)9-23(17)19(24)14(15)10-27-20(21)25;1-3-5-7-9-11-13-15-17-19-18-16-14-12-10-8-6-4-2;1-3-5-7-9-11-13-15-17-18-16-14-12-10-8-6-4-2/h2*4-8,26H,3,9-10H2,1-2H3;;/t2*21-;;/m00../s1. The molecule has 2 atom stereocenters. The van der Waals surface area contributed by atoms with Crippen molar-refractivity contribution in [3.8, 4) is 22.8 Å². The third-order valence-electron chi connectivity index (χ3n) is 12.2. The van der Waals surface area contributed by atoms with Gasteiger partial charge in [-0.1, -0.05) is 37.1 Å². The highest BCUT2D eigenvalue weighted by molar-refractivity contribution is 8.79. The molecule has 0 spiro atoms. The van der Waals surface area contributed by atoms with Crippen molar-refractivity contribution in [3.63, 3.8) is 0 Å². The van der Waals surface area contributed by atoms with Crippen molar-refractivity contribution in [2.45, 2.75) is 78.0 Å². The Morgan fingerprint density at radius 3 is 0.967 bits per heavy atom. The number of hydrogen-bond acceptors (Lipinski definition) is 14. The lowest BCUT2D eigenvalue weighted by Crippen LogP contribution is -2.44. The first-order chi connectivity index (χ1) is 44.2. The summed E-state index contributed by atoms with van der Waals surface area (Å²) in [5.74, 6) is -1.41. The van der Waals surface area contributed by atoms with E-state index in [4.69, 9.17) is 64.2 Å². The first kappa shape index (κ1) is 80.5. The number of carbonyl (C=O) groups is 2. The Bertz CT molecular complexity index is 5450. The molecule has 12 nitrogen and oxygen atoms in total. The van der Waals surface area contributed by atoms with Gasteiger partial charge in [-0.05, 0) is 75.2 Å². The molecule has 0 amide bonds. The summed E-state index contributed by atoms with van der Waals surface area (Å²) >= 11 is 19.0. The van der Waals surface area contributed by atoms with Gasteiger partial charge in [0.1, 0.15) is 13.2 Å². The van der Waals surface area contributed by atoms with Crippen LogP contribution in [0.15, 0.2) is 70.3 Å². The zero-order valence-corrected chi connectivity index (χ0v) is 75.5. The van der Waals surface area contributed by atoms with Crippen molar-refractivity contribution in [3.05, 3.63) is 126 Å². The van der Waals surface area contributed by atoms with Crippen molar-refractivity contribution in [2.24, 2.45) is 0 Å². The Morgan fingerprint density at radius 1 is 0.429 bits per heavy atom. The molecule has 0 unspecified atom stereocenters. The Morgan fingerprint density at radius 2 is 0.703 bits per heavy atom. The molecule has 49 heteroatoms. The second kappa shape index (κ2) is 43.2. The first-order valence-corrected chi connectivity index (χ1v) is 70.5. The molecule has 0 radical (unpaired) electrons. The lowest BCUT2D eigenvalue weighted by Gasteiger charge is -2.31. The number of ether oxygens (including phenoxy) is 2. The molecular weight excluding hydrogens is 1870 g/mol. The molecule has 0 saturated carbocycles. The van der Waals surface area contributed by atoms with E-state index in [2.05, 4.69) is 24.3 Å². The third kappa shape index (κ3) is 23.3. The van der Waals surface area contributed by atoms with Gasteiger partial charge < -0.3 is 28.8 Å². The Labute approximate surface area is 634 Å². The van der Waals surface area contributed by atoms with Crippen LogP contribution in [0.1, 0.15) is 71.2 Å². The van der Waals surface area contributed by atoms with Crippen molar-refractivity contribution >= 4 is 372 Å². The molecule has 8 heterocycles. The minimum absolute atomic E-state index is 0.111. The topological polar surface area (TPSA) is 163 Å². The van der Waals surface area contributed by atoms with E-state index in [1.54, 1.807) is 293 Å². The van der Waals surface area contributed by atoms with E-state index in [0.717, 1.165) is 55.4 Å². The summed E-state index contributed by atoms with van der Waals surface area (Å²) in [6.07, 6.45) is 0.276. The maximum absolute atomic E-state index is 13.1. The van der Waals surface area contributed by atoms with Crippen LogP contribution in [0.5, 0.6) is 0 Å². The highest BCUT2D eigenvalue weighted by Crippen LogP contribution is 2.40. The molecule has 6 aromatic rings. The van der Waals surface area contributed by atoms with Crippen LogP contribution in [0.2, 0.25) is 0 Å². The molecule has 0 saturated heterocycles. The number of nitrogens with zero attached hydrogens (tertiary/aromatic N) is 4. The van der Waals surface area contributed by atoms with E-state index in [0.29, 0.717) is 46.7 Å². The summed E-state index contributed by atoms with van der Waals surface area (Å²) in [6.45, 7) is 8.08. The number of carbonyl (C=O) groups excluding carboxylic acids is 2. The summed E-state index contributed by atoms with van der Waals surface area (Å²) in [5.41, 5.74) is 5.96. The van der Waals surface area contributed by atoms with E-state index in [-0.39, 0.29) is 37.2 Å². The Hall–Kier alpha value is 2.16. The van der Waals surface area contributed by atoms with E-state index in [9.17, 15) is 29.4 Å². The Balaban J connectivity index is 0.000000176. The van der Waals surface area contributed by atoms with Crippen LogP contribution in [-0.4, -0.2) is 41.3 Å². The van der Waals surface area contributed by atoms with Gasteiger partial charge in [-0.25, -0.2) is 19.6 Å². The molecular formula is C42H36N4O8S37. The first-order valence-electron chi connectivity index (χ1n) is 23.8. The number of benzene rings is 2. The zero-order chi connectivity index (χ0) is 65.2. The van der Waals surface area contributed by atoms with Gasteiger partial charge in [0.15, 0.2) is 11.2 Å². The fourth-order valence-corrected chi connectivity index (χ4v) is 88.1. The number of aryl methyl sites for hydroxylation is 2. The number of pyridine rings is 4. The van der Waals surface area contributed by atoms with Crippen LogP contribution < -0.4 is 11.1 Å². The lowest BCUT2D eigenvalue weighted by molar-refractivity contribution is -0.172. The summed E-state index contributed by atoms with van der Waals surface area (Å²) < 4.78 is 13.5. The number of cyclic esters (lactones) is 2. The van der Waals surface area contributed by atoms with E-state index >= 15 is 0 Å². The molecule has 4 aliphatic heterocycles. The number of aromatic nitrogens is 4. The molecule has 4 aromatic heterocycles. The summed E-state index contributed by atoms with van der Waals surface area (Å²) in [7, 11) is 56.2. The van der Waals surface area contributed by atoms with Crippen LogP contribution in [0.4, 0.5) is 0 Å². The maximum Gasteiger partial charge on any atom is 0.343 e. The molecule has 4 aliphatic rings. The molecule has 2 N–H and O–H groups in total. The van der Waals surface area contributed by atoms with E-state index in [1.807, 2.05) is 38.1 Å². The van der Waals surface area contributed by atoms with Crippen LogP contribution in [0.25, 0.3) is 44.6 Å². The molecule has 10 rings (SSSR count). The van der Waals surface area contributed by atoms with Crippen LogP contribution >= 0.6 is 0 Å². The minimum Gasteiger partial charge on any atom is -0.458 e. The summed E-state index contributed by atoms with van der Waals surface area (Å²) in [4.78, 5) is 60.0. The van der Waals surface area contributed by atoms with Gasteiger partial charge in [-0.3, -0.25) is 9.59 Å². The molecule has 0 aliphatic carbocycles. The van der Waals surface area contributed by atoms with E-state index in [1.165, 1.54) is 35.5 Å². The normalized spacial score (nSPS) is 15.0. The van der Waals surface area contributed by atoms with Crippen molar-refractivity contribution < 1.29 is 29.3 Å². The number of esters is 2.